The van der Waals surface area contributed by atoms with E-state index in [9.17, 15) is 4.79 Å². The largest absolute Gasteiger partial charge is 0.335 e. The third-order valence-electron chi connectivity index (χ3n) is 5.66. The number of aryl methyl sites for hydroxylation is 3. The van der Waals surface area contributed by atoms with E-state index in [-0.39, 0.29) is 11.8 Å². The normalized spacial score (nSPS) is 16.8. The van der Waals surface area contributed by atoms with Crippen molar-refractivity contribution >= 4 is 5.91 Å². The third-order valence-corrected chi connectivity index (χ3v) is 5.66. The monoisotopic (exact) mass is 388 g/mol. The number of pyridine rings is 1. The van der Waals surface area contributed by atoms with Gasteiger partial charge in [-0.1, -0.05) is 29.8 Å². The summed E-state index contributed by atoms with van der Waals surface area (Å²) in [5.41, 5.74) is 6.02. The van der Waals surface area contributed by atoms with Gasteiger partial charge in [0.25, 0.3) is 5.91 Å². The number of benzene rings is 1. The molecule has 0 N–H and O–H groups in total. The van der Waals surface area contributed by atoms with E-state index in [2.05, 4.69) is 55.2 Å². The van der Waals surface area contributed by atoms with Crippen LogP contribution in [0.4, 0.5) is 0 Å². The van der Waals surface area contributed by atoms with Crippen molar-refractivity contribution in [1.29, 1.82) is 0 Å². The highest BCUT2D eigenvalue weighted by atomic mass is 16.2. The van der Waals surface area contributed by atoms with Gasteiger partial charge in [0.1, 0.15) is 0 Å². The van der Waals surface area contributed by atoms with E-state index in [0.29, 0.717) is 12.4 Å². The minimum Gasteiger partial charge on any atom is -0.335 e. The standard InChI is InChI=1S/C24H28N4O/c1-17-6-4-7-19(12-17)14-20-13-18(2)26-22(15-20)21-8-5-10-28(16-21)24(29)23-25-9-11-27(23)3/h4,6-7,9,11-13,15,21H,5,8,10,14,16H2,1-3H3/t21-/m0/s1. The van der Waals surface area contributed by atoms with Crippen LogP contribution in [0.2, 0.25) is 0 Å². The fraction of sp³-hybridized carbons (Fsp3) is 0.375. The van der Waals surface area contributed by atoms with Crippen molar-refractivity contribution in [3.63, 3.8) is 0 Å². The van der Waals surface area contributed by atoms with Crippen LogP contribution < -0.4 is 0 Å². The highest BCUT2D eigenvalue weighted by Crippen LogP contribution is 2.28. The van der Waals surface area contributed by atoms with Gasteiger partial charge in [0, 0.05) is 49.8 Å². The number of rotatable bonds is 4. The summed E-state index contributed by atoms with van der Waals surface area (Å²) in [6.07, 6.45) is 6.44. The summed E-state index contributed by atoms with van der Waals surface area (Å²) in [6.45, 7) is 5.67. The molecule has 5 heteroatoms. The molecule has 0 saturated carbocycles. The molecular weight excluding hydrogens is 360 g/mol. The highest BCUT2D eigenvalue weighted by molar-refractivity contribution is 5.90. The van der Waals surface area contributed by atoms with Gasteiger partial charge in [-0.3, -0.25) is 9.78 Å². The Kier molecular flexibility index (Phi) is 5.47. The minimum atomic E-state index is 0.00911. The number of carbonyl (C=O) groups is 1. The molecule has 1 aliphatic heterocycles. The van der Waals surface area contributed by atoms with E-state index >= 15 is 0 Å². The van der Waals surface area contributed by atoms with Gasteiger partial charge in [0.2, 0.25) is 0 Å². The van der Waals surface area contributed by atoms with Crippen LogP contribution in [0.15, 0.2) is 48.8 Å². The Hall–Kier alpha value is -2.95. The predicted molar refractivity (Wildman–Crippen MR) is 114 cm³/mol. The van der Waals surface area contributed by atoms with Gasteiger partial charge >= 0.3 is 0 Å². The number of carbonyl (C=O) groups excluding carboxylic acids is 1. The van der Waals surface area contributed by atoms with Crippen LogP contribution in [0.1, 0.15) is 57.5 Å². The number of likely N-dealkylation sites (tertiary alicyclic amines) is 1. The summed E-state index contributed by atoms with van der Waals surface area (Å²) in [4.78, 5) is 23.9. The van der Waals surface area contributed by atoms with Crippen molar-refractivity contribution in [2.45, 2.75) is 39.0 Å². The van der Waals surface area contributed by atoms with Crippen molar-refractivity contribution in [2.75, 3.05) is 13.1 Å². The first-order chi connectivity index (χ1) is 14.0. The van der Waals surface area contributed by atoms with Gasteiger partial charge in [-0.2, -0.15) is 0 Å². The molecular formula is C24H28N4O. The van der Waals surface area contributed by atoms with E-state index in [4.69, 9.17) is 4.98 Å². The first-order valence-electron chi connectivity index (χ1n) is 10.3. The molecule has 1 saturated heterocycles. The summed E-state index contributed by atoms with van der Waals surface area (Å²) in [5.74, 6) is 0.780. The van der Waals surface area contributed by atoms with Crippen molar-refractivity contribution < 1.29 is 4.79 Å². The van der Waals surface area contributed by atoms with Crippen LogP contribution in [-0.2, 0) is 13.5 Å². The summed E-state index contributed by atoms with van der Waals surface area (Å²) in [6, 6.07) is 13.1. The Morgan fingerprint density at radius 2 is 2.03 bits per heavy atom. The minimum absolute atomic E-state index is 0.00911. The second kappa shape index (κ2) is 8.19. The molecule has 3 aromatic rings. The Balaban J connectivity index is 1.53. The molecule has 0 aliphatic carbocycles. The van der Waals surface area contributed by atoms with Crippen molar-refractivity contribution in [1.82, 2.24) is 19.4 Å². The van der Waals surface area contributed by atoms with E-state index < -0.39 is 0 Å². The molecule has 1 aromatic carbocycles. The van der Waals surface area contributed by atoms with Crippen LogP contribution in [0.25, 0.3) is 0 Å². The summed E-state index contributed by atoms with van der Waals surface area (Å²) in [5, 5.41) is 0. The lowest BCUT2D eigenvalue weighted by Gasteiger charge is -2.32. The van der Waals surface area contributed by atoms with Gasteiger partial charge in [-0.15, -0.1) is 0 Å². The maximum Gasteiger partial charge on any atom is 0.289 e. The molecule has 1 atom stereocenters. The fourth-order valence-corrected chi connectivity index (χ4v) is 4.25. The van der Waals surface area contributed by atoms with Gasteiger partial charge in [0.15, 0.2) is 5.82 Å². The van der Waals surface area contributed by atoms with Crippen LogP contribution >= 0.6 is 0 Å². The topological polar surface area (TPSA) is 51.0 Å². The fourth-order valence-electron chi connectivity index (χ4n) is 4.25. The Bertz CT molecular complexity index is 1020. The first kappa shape index (κ1) is 19.4. The van der Waals surface area contributed by atoms with Crippen molar-refractivity contribution in [2.24, 2.45) is 7.05 Å². The molecule has 0 spiro atoms. The number of nitrogens with zero attached hydrogens (tertiary/aromatic N) is 4. The SMILES string of the molecule is Cc1cccc(Cc2cc(C)nc([C@H]3CCCN(C(=O)c4nccn4C)C3)c2)c1. The predicted octanol–water partition coefficient (Wildman–Crippen LogP) is 4.04. The smallest absolute Gasteiger partial charge is 0.289 e. The highest BCUT2D eigenvalue weighted by Gasteiger charge is 2.28. The molecule has 5 nitrogen and oxygen atoms in total. The van der Waals surface area contributed by atoms with E-state index in [0.717, 1.165) is 37.2 Å². The van der Waals surface area contributed by atoms with Crippen LogP contribution in [-0.4, -0.2) is 38.4 Å². The molecule has 0 bridgehead atoms. The molecule has 4 rings (SSSR count). The lowest BCUT2D eigenvalue weighted by atomic mass is 9.92. The molecule has 150 valence electrons. The molecule has 29 heavy (non-hydrogen) atoms. The Morgan fingerprint density at radius 3 is 2.79 bits per heavy atom. The number of hydrogen-bond donors (Lipinski definition) is 0. The number of hydrogen-bond acceptors (Lipinski definition) is 3. The molecule has 0 radical (unpaired) electrons. The average Bonchev–Trinajstić information content (AvgIpc) is 3.13. The maximum atomic E-state index is 12.9. The zero-order chi connectivity index (χ0) is 20.4. The van der Waals surface area contributed by atoms with Crippen molar-refractivity contribution in [3.8, 4) is 0 Å². The van der Waals surface area contributed by atoms with Crippen LogP contribution in [0, 0.1) is 13.8 Å². The number of aromatic nitrogens is 3. The van der Waals surface area contributed by atoms with Crippen LogP contribution in [0.5, 0.6) is 0 Å². The lowest BCUT2D eigenvalue weighted by Crippen LogP contribution is -2.40. The number of piperidine rings is 1. The molecule has 2 aromatic heterocycles. The second-order valence-corrected chi connectivity index (χ2v) is 8.16. The molecule has 3 heterocycles. The van der Waals surface area contributed by atoms with Crippen LogP contribution in [0.3, 0.4) is 0 Å². The molecule has 1 amide bonds. The number of amides is 1. The third kappa shape index (κ3) is 4.39. The summed E-state index contributed by atoms with van der Waals surface area (Å²) < 4.78 is 1.79. The van der Waals surface area contributed by atoms with Crippen molar-refractivity contribution in [3.05, 3.63) is 82.7 Å². The molecule has 1 fully saturated rings. The van der Waals surface area contributed by atoms with E-state index in [1.54, 1.807) is 10.8 Å². The average molecular weight is 389 g/mol. The van der Waals surface area contributed by atoms with Gasteiger partial charge in [0.05, 0.1) is 0 Å². The zero-order valence-electron chi connectivity index (χ0n) is 17.4. The van der Waals surface area contributed by atoms with Gasteiger partial charge in [-0.25, -0.2) is 4.98 Å². The Labute approximate surface area is 172 Å². The summed E-state index contributed by atoms with van der Waals surface area (Å²) >= 11 is 0. The first-order valence-corrected chi connectivity index (χ1v) is 10.3. The Morgan fingerprint density at radius 1 is 1.17 bits per heavy atom. The second-order valence-electron chi connectivity index (χ2n) is 8.16. The molecule has 0 unspecified atom stereocenters. The van der Waals surface area contributed by atoms with Gasteiger partial charge < -0.3 is 9.47 Å². The zero-order valence-corrected chi connectivity index (χ0v) is 17.4. The van der Waals surface area contributed by atoms with E-state index in [1.807, 2.05) is 18.1 Å². The quantitative estimate of drug-likeness (QED) is 0.678. The van der Waals surface area contributed by atoms with E-state index in [1.165, 1.54) is 16.7 Å². The summed E-state index contributed by atoms with van der Waals surface area (Å²) in [7, 11) is 1.86. The van der Waals surface area contributed by atoms with Gasteiger partial charge in [-0.05, 0) is 56.4 Å². The lowest BCUT2D eigenvalue weighted by molar-refractivity contribution is 0.0690. The number of imidazole rings is 1. The maximum absolute atomic E-state index is 12.9. The molecule has 1 aliphatic rings.